The number of hydrogen-bond donors (Lipinski definition) is 0. The molecule has 0 N–H and O–H groups in total. The Morgan fingerprint density at radius 2 is 1.03 bits per heavy atom. The van der Waals surface area contributed by atoms with Crippen molar-refractivity contribution in [3.05, 3.63) is 42.0 Å². The molecule has 202 valence electrons. The van der Waals surface area contributed by atoms with Crippen LogP contribution in [0.4, 0.5) is 74.6 Å². The maximum Gasteiger partial charge on any atom is 0.460 e. The van der Waals surface area contributed by atoms with Crippen LogP contribution in [0.5, 0.6) is 0 Å². The van der Waals surface area contributed by atoms with Crippen molar-refractivity contribution >= 4 is 17.8 Å². The molecule has 1 aromatic carbocycles. The SMILES string of the molecule is C=Cc1cccc(CSC(F)(C(F)(F)F)C(F)(F)C(F)(F)C(F)(F)C(F)(F)C(F)(F)C(F)(F)F)c1. The number of alkyl halides is 17. The zero-order valence-corrected chi connectivity index (χ0v) is 17.0. The normalized spacial score (nSPS) is 16.7. The Kier molecular flexibility index (Phi) is 7.92. The van der Waals surface area contributed by atoms with Crippen LogP contribution in [0.1, 0.15) is 11.1 Å². The first-order valence-corrected chi connectivity index (χ1v) is 9.31. The number of thioether (sulfide) groups is 1. The van der Waals surface area contributed by atoms with E-state index in [1.54, 1.807) is 0 Å². The summed E-state index contributed by atoms with van der Waals surface area (Å²) in [6.45, 7) is 3.20. The van der Waals surface area contributed by atoms with Crippen molar-refractivity contribution in [3.63, 3.8) is 0 Å². The van der Waals surface area contributed by atoms with E-state index >= 15 is 0 Å². The summed E-state index contributed by atoms with van der Waals surface area (Å²) in [4.78, 5) is 0. The van der Waals surface area contributed by atoms with Crippen LogP contribution in [-0.2, 0) is 5.75 Å². The Morgan fingerprint density at radius 1 is 0.600 bits per heavy atom. The van der Waals surface area contributed by atoms with Gasteiger partial charge in [-0.25, -0.2) is 4.39 Å². The van der Waals surface area contributed by atoms with Crippen LogP contribution in [-0.4, -0.2) is 47.0 Å². The molecule has 35 heavy (non-hydrogen) atoms. The molecule has 0 aromatic heterocycles. The van der Waals surface area contributed by atoms with Crippen LogP contribution >= 0.6 is 11.8 Å². The van der Waals surface area contributed by atoms with Gasteiger partial charge >= 0.3 is 47.0 Å². The van der Waals surface area contributed by atoms with E-state index in [9.17, 15) is 74.6 Å². The van der Waals surface area contributed by atoms with Gasteiger partial charge in [0.2, 0.25) is 0 Å². The van der Waals surface area contributed by atoms with Gasteiger partial charge in [-0.3, -0.25) is 0 Å². The molecule has 0 aliphatic carbocycles. The topological polar surface area (TPSA) is 0 Å². The van der Waals surface area contributed by atoms with E-state index in [1.807, 2.05) is 0 Å². The van der Waals surface area contributed by atoms with Gasteiger partial charge in [0.15, 0.2) is 0 Å². The van der Waals surface area contributed by atoms with Gasteiger partial charge in [0.1, 0.15) is 0 Å². The number of rotatable bonds is 9. The second-order valence-electron chi connectivity index (χ2n) is 6.70. The lowest BCUT2D eigenvalue weighted by molar-refractivity contribution is -0.450. The van der Waals surface area contributed by atoms with Crippen molar-refractivity contribution in [2.45, 2.75) is 52.7 Å². The standard InChI is InChI=1S/C17H9F17S/c1-2-8-4-3-5-9(6-8)7-35-15(28,17(32,33)34)13(24,25)11(20,21)10(18,19)12(22,23)14(26,27)16(29,30)31/h2-6H,1,7H2. The first-order valence-electron chi connectivity index (χ1n) is 8.33. The van der Waals surface area contributed by atoms with Crippen LogP contribution in [0.15, 0.2) is 30.8 Å². The van der Waals surface area contributed by atoms with Gasteiger partial charge in [-0.05, 0) is 11.1 Å². The number of benzene rings is 1. The third kappa shape index (κ3) is 4.65. The summed E-state index contributed by atoms with van der Waals surface area (Å²) in [6.07, 6.45) is -14.0. The minimum atomic E-state index is -8.56. The van der Waals surface area contributed by atoms with Gasteiger partial charge < -0.3 is 0 Å². The van der Waals surface area contributed by atoms with Gasteiger partial charge in [-0.2, -0.15) is 70.2 Å². The van der Waals surface area contributed by atoms with Crippen LogP contribution < -0.4 is 0 Å². The molecule has 0 fully saturated rings. The Balaban J connectivity index is 3.65. The molecule has 0 amide bonds. The van der Waals surface area contributed by atoms with Crippen molar-refractivity contribution in [3.8, 4) is 0 Å². The Hall–Kier alpha value is -1.88. The first kappa shape index (κ1) is 31.2. The average Bonchev–Trinajstić information content (AvgIpc) is 2.69. The van der Waals surface area contributed by atoms with Crippen LogP contribution in [0.25, 0.3) is 6.08 Å². The zero-order chi connectivity index (χ0) is 28.1. The third-order valence-electron chi connectivity index (χ3n) is 4.33. The molecule has 0 nitrogen and oxygen atoms in total. The van der Waals surface area contributed by atoms with Crippen molar-refractivity contribution in [2.75, 3.05) is 0 Å². The number of halogens is 17. The third-order valence-corrected chi connectivity index (χ3v) is 5.69. The highest BCUT2D eigenvalue weighted by Gasteiger charge is 2.95. The lowest BCUT2D eigenvalue weighted by Gasteiger charge is -2.43. The van der Waals surface area contributed by atoms with Crippen LogP contribution in [0.3, 0.4) is 0 Å². The monoisotopic (exact) mass is 568 g/mol. The molecule has 1 atom stereocenters. The molecule has 0 heterocycles. The Morgan fingerprint density at radius 3 is 1.43 bits per heavy atom. The maximum absolute atomic E-state index is 14.5. The lowest BCUT2D eigenvalue weighted by atomic mass is 9.91. The van der Waals surface area contributed by atoms with E-state index in [0.29, 0.717) is 0 Å². The van der Waals surface area contributed by atoms with Gasteiger partial charge in [0, 0.05) is 5.75 Å². The molecule has 0 aliphatic rings. The molecule has 0 saturated heterocycles. The predicted octanol–water partition coefficient (Wildman–Crippen LogP) is 8.53. The lowest BCUT2D eigenvalue weighted by Crippen LogP contribution is -2.74. The van der Waals surface area contributed by atoms with E-state index < -0.39 is 70.0 Å². The molecule has 1 rings (SSSR count). The molecule has 0 radical (unpaired) electrons. The second kappa shape index (κ2) is 8.90. The second-order valence-corrected chi connectivity index (χ2v) is 7.84. The largest absolute Gasteiger partial charge is 0.460 e. The van der Waals surface area contributed by atoms with E-state index in [0.717, 1.165) is 24.3 Å². The van der Waals surface area contributed by atoms with Gasteiger partial charge in [0.05, 0.1) is 0 Å². The van der Waals surface area contributed by atoms with Gasteiger partial charge in [0.25, 0.3) is 0 Å². The van der Waals surface area contributed by atoms with Crippen molar-refractivity contribution in [1.82, 2.24) is 0 Å². The molecular weight excluding hydrogens is 559 g/mol. The van der Waals surface area contributed by atoms with Gasteiger partial charge in [-0.1, -0.05) is 36.9 Å². The predicted molar refractivity (Wildman–Crippen MR) is 88.5 cm³/mol. The summed E-state index contributed by atoms with van der Waals surface area (Å²) in [7, 11) is 0. The Bertz CT molecular complexity index is 914. The van der Waals surface area contributed by atoms with Gasteiger partial charge in [-0.15, -0.1) is 11.8 Å². The summed E-state index contributed by atoms with van der Waals surface area (Å²) in [5.74, 6) is -43.3. The van der Waals surface area contributed by atoms with Crippen LogP contribution in [0.2, 0.25) is 0 Å². The summed E-state index contributed by atoms with van der Waals surface area (Å²) < 4.78 is 225. The highest BCUT2D eigenvalue weighted by Crippen LogP contribution is 2.66. The summed E-state index contributed by atoms with van der Waals surface area (Å²) in [5.41, 5.74) is -0.490. The molecule has 1 unspecified atom stereocenters. The average molecular weight is 568 g/mol. The summed E-state index contributed by atoms with van der Waals surface area (Å²) in [6, 6.07) is 3.86. The molecule has 1 aromatic rings. The molecule has 0 aliphatic heterocycles. The molecular formula is C17H9F17S. The summed E-state index contributed by atoms with van der Waals surface area (Å²) in [5, 5.41) is -6.89. The fourth-order valence-electron chi connectivity index (χ4n) is 2.31. The van der Waals surface area contributed by atoms with Crippen LogP contribution in [0, 0.1) is 0 Å². The minimum absolute atomic E-state index is 0.0530. The van der Waals surface area contributed by atoms with E-state index in [-0.39, 0.29) is 5.56 Å². The van der Waals surface area contributed by atoms with E-state index in [4.69, 9.17) is 0 Å². The smallest absolute Gasteiger partial charge is 0.215 e. The molecule has 0 bridgehead atoms. The fraction of sp³-hybridized carbons (Fsp3) is 0.529. The quantitative estimate of drug-likeness (QED) is 0.269. The van der Waals surface area contributed by atoms with Crippen molar-refractivity contribution in [1.29, 1.82) is 0 Å². The molecule has 18 heteroatoms. The fourth-order valence-corrected chi connectivity index (χ4v) is 3.33. The number of hydrogen-bond acceptors (Lipinski definition) is 1. The van der Waals surface area contributed by atoms with Crippen molar-refractivity contribution < 1.29 is 74.6 Å². The van der Waals surface area contributed by atoms with E-state index in [1.165, 1.54) is 6.07 Å². The van der Waals surface area contributed by atoms with E-state index in [2.05, 4.69) is 6.58 Å². The highest BCUT2D eigenvalue weighted by atomic mass is 32.2. The van der Waals surface area contributed by atoms with Crippen molar-refractivity contribution in [2.24, 2.45) is 0 Å². The molecule has 0 saturated carbocycles. The minimum Gasteiger partial charge on any atom is -0.215 e. The maximum atomic E-state index is 14.5. The highest BCUT2D eigenvalue weighted by molar-refractivity contribution is 7.99. The summed E-state index contributed by atoms with van der Waals surface area (Å²) >= 11 is -1.87. The first-order chi connectivity index (χ1) is 15.3. The molecule has 0 spiro atoms. The Labute approximate surface area is 188 Å². The zero-order valence-electron chi connectivity index (χ0n) is 16.1.